The van der Waals surface area contributed by atoms with E-state index < -0.39 is 0 Å². The van der Waals surface area contributed by atoms with Gasteiger partial charge in [0.1, 0.15) is 5.82 Å². The molecule has 1 aromatic rings. The van der Waals surface area contributed by atoms with Crippen molar-refractivity contribution in [1.82, 2.24) is 15.3 Å². The van der Waals surface area contributed by atoms with Gasteiger partial charge in [0.15, 0.2) is 0 Å². The molecule has 2 atom stereocenters. The zero-order valence-electron chi connectivity index (χ0n) is 10.7. The molecule has 1 rings (SSSR count). The van der Waals surface area contributed by atoms with E-state index in [0.29, 0.717) is 17.8 Å². The molecule has 0 fully saturated rings. The molecule has 4 nitrogen and oxygen atoms in total. The number of hydrogen-bond donors (Lipinski definition) is 1. The van der Waals surface area contributed by atoms with Crippen molar-refractivity contribution < 1.29 is 4.74 Å². The number of methoxy groups -OCH3 is 1. The maximum absolute atomic E-state index is 5.15. The zero-order valence-corrected chi connectivity index (χ0v) is 10.7. The Hall–Kier alpha value is -1.16. The molecule has 0 spiro atoms. The highest BCUT2D eigenvalue weighted by Gasteiger charge is 2.16. The lowest BCUT2D eigenvalue weighted by Gasteiger charge is -2.20. The van der Waals surface area contributed by atoms with Crippen LogP contribution in [0.4, 0.5) is 0 Å². The fourth-order valence-corrected chi connectivity index (χ4v) is 1.66. The summed E-state index contributed by atoms with van der Waals surface area (Å²) in [5, 5.41) is 3.40. The Morgan fingerprint density at radius 2 is 2.06 bits per heavy atom. The predicted molar refractivity (Wildman–Crippen MR) is 64.9 cm³/mol. The Morgan fingerprint density at radius 1 is 1.38 bits per heavy atom. The first-order valence-electron chi connectivity index (χ1n) is 5.71. The van der Waals surface area contributed by atoms with E-state index in [-0.39, 0.29) is 0 Å². The summed E-state index contributed by atoms with van der Waals surface area (Å²) in [4.78, 5) is 8.64. The van der Waals surface area contributed by atoms with Gasteiger partial charge < -0.3 is 10.1 Å². The first kappa shape index (κ1) is 12.9. The van der Waals surface area contributed by atoms with Crippen LogP contribution in [0.25, 0.3) is 0 Å². The summed E-state index contributed by atoms with van der Waals surface area (Å²) in [7, 11) is 1.63. The lowest BCUT2D eigenvalue weighted by Crippen LogP contribution is -2.31. The highest BCUT2D eigenvalue weighted by molar-refractivity contribution is 5.20. The molecule has 0 amide bonds. The summed E-state index contributed by atoms with van der Waals surface area (Å²) in [6.07, 6.45) is 0. The third kappa shape index (κ3) is 3.17. The summed E-state index contributed by atoms with van der Waals surface area (Å²) in [6.45, 7) is 9.28. The van der Waals surface area contributed by atoms with Gasteiger partial charge in [-0.1, -0.05) is 13.8 Å². The van der Waals surface area contributed by atoms with Gasteiger partial charge in [-0.3, -0.25) is 0 Å². The van der Waals surface area contributed by atoms with Gasteiger partial charge in [-0.05, 0) is 20.4 Å². The molecule has 0 aliphatic heterocycles. The van der Waals surface area contributed by atoms with Gasteiger partial charge in [-0.15, -0.1) is 0 Å². The van der Waals surface area contributed by atoms with Crippen molar-refractivity contribution in [2.75, 3.05) is 13.7 Å². The van der Waals surface area contributed by atoms with E-state index >= 15 is 0 Å². The SMILES string of the molecule is CCNC(C)C(C)c1cc(OC)nc(C)n1. The third-order valence-corrected chi connectivity index (χ3v) is 2.79. The molecular formula is C12H21N3O. The van der Waals surface area contributed by atoms with Crippen molar-refractivity contribution in [3.63, 3.8) is 0 Å². The monoisotopic (exact) mass is 223 g/mol. The molecule has 2 unspecified atom stereocenters. The second kappa shape index (κ2) is 5.80. The van der Waals surface area contributed by atoms with E-state index in [1.54, 1.807) is 7.11 Å². The van der Waals surface area contributed by atoms with Crippen molar-refractivity contribution in [3.05, 3.63) is 17.6 Å². The van der Waals surface area contributed by atoms with E-state index in [4.69, 9.17) is 4.74 Å². The number of hydrogen-bond acceptors (Lipinski definition) is 4. The van der Waals surface area contributed by atoms with Gasteiger partial charge in [-0.25, -0.2) is 4.98 Å². The van der Waals surface area contributed by atoms with Crippen LogP contribution < -0.4 is 10.1 Å². The summed E-state index contributed by atoms with van der Waals surface area (Å²) in [5.74, 6) is 1.73. The Labute approximate surface area is 97.5 Å². The summed E-state index contributed by atoms with van der Waals surface area (Å²) in [5.41, 5.74) is 1.03. The van der Waals surface area contributed by atoms with Crippen molar-refractivity contribution in [2.24, 2.45) is 0 Å². The maximum atomic E-state index is 5.15. The molecule has 1 aromatic heterocycles. The number of aromatic nitrogens is 2. The van der Waals surface area contributed by atoms with Gasteiger partial charge >= 0.3 is 0 Å². The van der Waals surface area contributed by atoms with E-state index in [0.717, 1.165) is 18.1 Å². The molecule has 0 aromatic carbocycles. The van der Waals surface area contributed by atoms with Crippen LogP contribution in [0, 0.1) is 6.92 Å². The Kier molecular flexibility index (Phi) is 4.68. The van der Waals surface area contributed by atoms with Crippen molar-refractivity contribution in [2.45, 2.75) is 39.7 Å². The van der Waals surface area contributed by atoms with Gasteiger partial charge in [-0.2, -0.15) is 4.98 Å². The number of aryl methyl sites for hydroxylation is 1. The molecule has 0 radical (unpaired) electrons. The molecule has 90 valence electrons. The summed E-state index contributed by atoms with van der Waals surface area (Å²) < 4.78 is 5.15. The highest BCUT2D eigenvalue weighted by Crippen LogP contribution is 2.20. The van der Waals surface area contributed by atoms with Crippen molar-refractivity contribution >= 4 is 0 Å². The average molecular weight is 223 g/mol. The smallest absolute Gasteiger partial charge is 0.216 e. The minimum Gasteiger partial charge on any atom is -0.481 e. The molecule has 16 heavy (non-hydrogen) atoms. The topological polar surface area (TPSA) is 47.0 Å². The summed E-state index contributed by atoms with van der Waals surface area (Å²) >= 11 is 0. The first-order valence-corrected chi connectivity index (χ1v) is 5.71. The minimum atomic E-state index is 0.343. The normalized spacial score (nSPS) is 14.6. The van der Waals surface area contributed by atoms with Crippen LogP contribution >= 0.6 is 0 Å². The Bertz CT molecular complexity index is 341. The van der Waals surface area contributed by atoms with Crippen LogP contribution in [-0.2, 0) is 0 Å². The molecule has 0 aliphatic rings. The quantitative estimate of drug-likeness (QED) is 0.828. The van der Waals surface area contributed by atoms with Gasteiger partial charge in [0.05, 0.1) is 12.8 Å². The lowest BCUT2D eigenvalue weighted by molar-refractivity contribution is 0.392. The van der Waals surface area contributed by atoms with Crippen LogP contribution in [0.2, 0.25) is 0 Å². The minimum absolute atomic E-state index is 0.343. The number of nitrogens with one attached hydrogen (secondary N) is 1. The molecule has 0 saturated carbocycles. The van der Waals surface area contributed by atoms with E-state index in [1.165, 1.54) is 0 Å². The maximum Gasteiger partial charge on any atom is 0.216 e. The van der Waals surface area contributed by atoms with Crippen molar-refractivity contribution in [3.8, 4) is 5.88 Å². The van der Waals surface area contributed by atoms with E-state index in [2.05, 4.69) is 36.1 Å². The molecule has 0 aliphatic carbocycles. The Morgan fingerprint density at radius 3 is 2.62 bits per heavy atom. The van der Waals surface area contributed by atoms with Gasteiger partial charge in [0, 0.05) is 18.0 Å². The fraction of sp³-hybridized carbons (Fsp3) is 0.667. The molecular weight excluding hydrogens is 202 g/mol. The van der Waals surface area contributed by atoms with Crippen LogP contribution in [0.15, 0.2) is 6.07 Å². The lowest BCUT2D eigenvalue weighted by atomic mass is 9.99. The molecule has 1 heterocycles. The number of nitrogens with zero attached hydrogens (tertiary/aromatic N) is 2. The standard InChI is InChI=1S/C12H21N3O/c1-6-13-9(3)8(2)11-7-12(16-5)15-10(4)14-11/h7-9,13H,6H2,1-5H3. The fourth-order valence-electron chi connectivity index (χ4n) is 1.66. The number of ether oxygens (including phenoxy) is 1. The highest BCUT2D eigenvalue weighted by atomic mass is 16.5. The first-order chi connectivity index (χ1) is 7.58. The molecule has 1 N–H and O–H groups in total. The second-order valence-corrected chi connectivity index (χ2v) is 4.02. The van der Waals surface area contributed by atoms with E-state index in [9.17, 15) is 0 Å². The second-order valence-electron chi connectivity index (χ2n) is 4.02. The number of rotatable bonds is 5. The average Bonchev–Trinajstić information content (AvgIpc) is 2.27. The van der Waals surface area contributed by atoms with Crippen LogP contribution in [-0.4, -0.2) is 29.7 Å². The van der Waals surface area contributed by atoms with Gasteiger partial charge in [0.25, 0.3) is 0 Å². The van der Waals surface area contributed by atoms with Crippen LogP contribution in [0.1, 0.15) is 38.2 Å². The van der Waals surface area contributed by atoms with Gasteiger partial charge in [0.2, 0.25) is 5.88 Å². The van der Waals surface area contributed by atoms with E-state index in [1.807, 2.05) is 13.0 Å². The summed E-state index contributed by atoms with van der Waals surface area (Å²) in [6, 6.07) is 2.30. The largest absolute Gasteiger partial charge is 0.481 e. The third-order valence-electron chi connectivity index (χ3n) is 2.79. The van der Waals surface area contributed by atoms with Crippen LogP contribution in [0.5, 0.6) is 5.88 Å². The molecule has 0 bridgehead atoms. The predicted octanol–water partition coefficient (Wildman–Crippen LogP) is 1.90. The Balaban J connectivity index is 2.89. The zero-order chi connectivity index (χ0) is 12.1. The van der Waals surface area contributed by atoms with Crippen molar-refractivity contribution in [1.29, 1.82) is 0 Å². The number of likely N-dealkylation sites (N-methyl/N-ethyl adjacent to an activating group) is 1. The van der Waals surface area contributed by atoms with Crippen LogP contribution in [0.3, 0.4) is 0 Å². The molecule has 0 saturated heterocycles. The molecule has 4 heteroatoms.